The van der Waals surface area contributed by atoms with Crippen molar-refractivity contribution in [3.8, 4) is 11.5 Å². The summed E-state index contributed by atoms with van der Waals surface area (Å²) >= 11 is 0. The lowest BCUT2D eigenvalue weighted by molar-refractivity contribution is 0.174. The fourth-order valence-corrected chi connectivity index (χ4v) is 2.85. The van der Waals surface area contributed by atoms with Crippen LogP contribution in [0, 0.1) is 0 Å². The smallest absolute Gasteiger partial charge is 0.231 e. The molecule has 1 aliphatic heterocycles. The van der Waals surface area contributed by atoms with Crippen LogP contribution in [-0.4, -0.2) is 21.0 Å². The standard InChI is InChI=1S/C12H17NO4S/c1-2-3-6-18(14,15)13-8-10-4-5-11-12(7-10)17-9-16-11/h4-5,7,13H,2-3,6,8-9H2,1H3. The second-order valence-electron chi connectivity index (χ2n) is 4.18. The third-order valence-corrected chi connectivity index (χ3v) is 4.11. The van der Waals surface area contributed by atoms with Crippen molar-refractivity contribution in [3.63, 3.8) is 0 Å². The normalized spacial score (nSPS) is 13.8. The molecule has 0 aromatic heterocycles. The zero-order chi connectivity index (χ0) is 13.0. The summed E-state index contributed by atoms with van der Waals surface area (Å²) in [5.41, 5.74) is 0.860. The van der Waals surface area contributed by atoms with Gasteiger partial charge < -0.3 is 9.47 Å². The van der Waals surface area contributed by atoms with Crippen LogP contribution in [0.4, 0.5) is 0 Å². The number of hydrogen-bond acceptors (Lipinski definition) is 4. The molecule has 0 unspecified atom stereocenters. The predicted molar refractivity (Wildman–Crippen MR) is 68.1 cm³/mol. The Labute approximate surface area is 107 Å². The molecule has 0 amide bonds. The van der Waals surface area contributed by atoms with Gasteiger partial charge in [0.2, 0.25) is 16.8 Å². The van der Waals surface area contributed by atoms with Crippen molar-refractivity contribution < 1.29 is 17.9 Å². The van der Waals surface area contributed by atoms with E-state index in [0.717, 1.165) is 12.0 Å². The molecule has 0 saturated heterocycles. The second kappa shape index (κ2) is 5.58. The third kappa shape index (κ3) is 3.36. The summed E-state index contributed by atoms with van der Waals surface area (Å²) in [6.07, 6.45) is 1.54. The van der Waals surface area contributed by atoms with Crippen molar-refractivity contribution in [1.82, 2.24) is 4.72 Å². The second-order valence-corrected chi connectivity index (χ2v) is 6.11. The van der Waals surface area contributed by atoms with E-state index in [9.17, 15) is 8.42 Å². The van der Waals surface area contributed by atoms with E-state index < -0.39 is 10.0 Å². The minimum Gasteiger partial charge on any atom is -0.454 e. The summed E-state index contributed by atoms with van der Waals surface area (Å²) < 4.78 is 36.3. The van der Waals surface area contributed by atoms with Crippen LogP contribution in [0.2, 0.25) is 0 Å². The van der Waals surface area contributed by atoms with Gasteiger partial charge in [0.1, 0.15) is 0 Å². The Morgan fingerprint density at radius 3 is 2.83 bits per heavy atom. The van der Waals surface area contributed by atoms with Gasteiger partial charge in [-0.2, -0.15) is 0 Å². The molecule has 2 rings (SSSR count). The Bertz CT molecular complexity index is 513. The van der Waals surface area contributed by atoms with Crippen molar-refractivity contribution in [2.75, 3.05) is 12.5 Å². The van der Waals surface area contributed by atoms with Crippen LogP contribution >= 0.6 is 0 Å². The van der Waals surface area contributed by atoms with E-state index in [1.807, 2.05) is 13.0 Å². The molecule has 1 aliphatic rings. The number of rotatable bonds is 6. The lowest BCUT2D eigenvalue weighted by atomic mass is 10.2. The SMILES string of the molecule is CCCCS(=O)(=O)NCc1ccc2c(c1)OCO2. The Morgan fingerprint density at radius 1 is 1.28 bits per heavy atom. The van der Waals surface area contributed by atoms with Crippen LogP contribution in [0.15, 0.2) is 18.2 Å². The molecule has 6 heteroatoms. The van der Waals surface area contributed by atoms with Gasteiger partial charge in [0.15, 0.2) is 11.5 Å². The van der Waals surface area contributed by atoms with E-state index in [2.05, 4.69) is 4.72 Å². The molecule has 1 aromatic rings. The molecule has 1 N–H and O–H groups in total. The molecular formula is C12H17NO4S. The van der Waals surface area contributed by atoms with E-state index in [4.69, 9.17) is 9.47 Å². The molecule has 0 saturated carbocycles. The summed E-state index contributed by atoms with van der Waals surface area (Å²) in [5.74, 6) is 1.54. The van der Waals surface area contributed by atoms with Gasteiger partial charge in [-0.25, -0.2) is 13.1 Å². The fraction of sp³-hybridized carbons (Fsp3) is 0.500. The molecule has 0 atom stereocenters. The number of sulfonamides is 1. The summed E-state index contributed by atoms with van der Waals surface area (Å²) in [6, 6.07) is 5.42. The lowest BCUT2D eigenvalue weighted by Crippen LogP contribution is -2.25. The number of nitrogens with one attached hydrogen (secondary N) is 1. The van der Waals surface area contributed by atoms with E-state index in [0.29, 0.717) is 17.9 Å². The highest BCUT2D eigenvalue weighted by atomic mass is 32.2. The molecule has 0 bridgehead atoms. The van der Waals surface area contributed by atoms with Crippen LogP contribution < -0.4 is 14.2 Å². The van der Waals surface area contributed by atoms with Gasteiger partial charge in [0, 0.05) is 6.54 Å². The third-order valence-electron chi connectivity index (χ3n) is 2.70. The van der Waals surface area contributed by atoms with Gasteiger partial charge in [-0.3, -0.25) is 0 Å². The lowest BCUT2D eigenvalue weighted by Gasteiger charge is -2.06. The van der Waals surface area contributed by atoms with Crippen molar-refractivity contribution in [3.05, 3.63) is 23.8 Å². The average molecular weight is 271 g/mol. The molecule has 18 heavy (non-hydrogen) atoms. The molecule has 0 spiro atoms. The topological polar surface area (TPSA) is 64.6 Å². The summed E-state index contributed by atoms with van der Waals surface area (Å²) in [5, 5.41) is 0. The molecule has 1 aromatic carbocycles. The van der Waals surface area contributed by atoms with Gasteiger partial charge in [0.05, 0.1) is 5.75 Å². The summed E-state index contributed by atoms with van der Waals surface area (Å²) in [6.45, 7) is 2.47. The highest BCUT2D eigenvalue weighted by molar-refractivity contribution is 7.89. The van der Waals surface area contributed by atoms with Crippen molar-refractivity contribution in [2.45, 2.75) is 26.3 Å². The number of hydrogen-bond donors (Lipinski definition) is 1. The Morgan fingerprint density at radius 2 is 2.06 bits per heavy atom. The fourth-order valence-electron chi connectivity index (χ4n) is 1.65. The van der Waals surface area contributed by atoms with Crippen molar-refractivity contribution >= 4 is 10.0 Å². The number of ether oxygens (including phenoxy) is 2. The maximum atomic E-state index is 11.6. The first kappa shape index (κ1) is 13.2. The minimum absolute atomic E-state index is 0.175. The molecule has 5 nitrogen and oxygen atoms in total. The number of benzene rings is 1. The molecule has 100 valence electrons. The molecule has 1 heterocycles. The number of fused-ring (bicyclic) bond motifs is 1. The van der Waals surface area contributed by atoms with E-state index in [-0.39, 0.29) is 19.1 Å². The number of unbranched alkanes of at least 4 members (excludes halogenated alkanes) is 1. The minimum atomic E-state index is -3.18. The van der Waals surface area contributed by atoms with Gasteiger partial charge in [0.25, 0.3) is 0 Å². The Balaban J connectivity index is 1.94. The van der Waals surface area contributed by atoms with Crippen LogP contribution in [0.3, 0.4) is 0 Å². The highest BCUT2D eigenvalue weighted by Crippen LogP contribution is 2.32. The summed E-state index contributed by atoms with van der Waals surface area (Å²) in [7, 11) is -3.18. The van der Waals surface area contributed by atoms with Gasteiger partial charge in [-0.05, 0) is 24.1 Å². The van der Waals surface area contributed by atoms with Crippen molar-refractivity contribution in [1.29, 1.82) is 0 Å². The Kier molecular flexibility index (Phi) is 4.08. The molecular weight excluding hydrogens is 254 g/mol. The molecule has 0 radical (unpaired) electrons. The summed E-state index contributed by atoms with van der Waals surface area (Å²) in [4.78, 5) is 0. The maximum Gasteiger partial charge on any atom is 0.231 e. The largest absolute Gasteiger partial charge is 0.454 e. The quantitative estimate of drug-likeness (QED) is 0.854. The zero-order valence-electron chi connectivity index (χ0n) is 10.3. The monoisotopic (exact) mass is 271 g/mol. The molecule has 0 aliphatic carbocycles. The van der Waals surface area contributed by atoms with Gasteiger partial charge >= 0.3 is 0 Å². The van der Waals surface area contributed by atoms with Crippen LogP contribution in [0.25, 0.3) is 0 Å². The average Bonchev–Trinajstić information content (AvgIpc) is 2.81. The predicted octanol–water partition coefficient (Wildman–Crippen LogP) is 1.63. The van der Waals surface area contributed by atoms with Crippen LogP contribution in [0.5, 0.6) is 11.5 Å². The van der Waals surface area contributed by atoms with Crippen LogP contribution in [-0.2, 0) is 16.6 Å². The Hall–Kier alpha value is -1.27. The maximum absolute atomic E-state index is 11.6. The first-order valence-electron chi connectivity index (χ1n) is 5.96. The van der Waals surface area contributed by atoms with E-state index in [1.165, 1.54) is 0 Å². The van der Waals surface area contributed by atoms with E-state index >= 15 is 0 Å². The highest BCUT2D eigenvalue weighted by Gasteiger charge is 2.14. The first-order chi connectivity index (χ1) is 8.61. The van der Waals surface area contributed by atoms with Gasteiger partial charge in [-0.1, -0.05) is 19.4 Å². The van der Waals surface area contributed by atoms with Crippen molar-refractivity contribution in [2.24, 2.45) is 0 Å². The van der Waals surface area contributed by atoms with Gasteiger partial charge in [-0.15, -0.1) is 0 Å². The van der Waals surface area contributed by atoms with Crippen LogP contribution in [0.1, 0.15) is 25.3 Å². The van der Waals surface area contributed by atoms with E-state index in [1.54, 1.807) is 12.1 Å². The zero-order valence-corrected chi connectivity index (χ0v) is 11.1. The first-order valence-corrected chi connectivity index (χ1v) is 7.62. The molecule has 0 fully saturated rings.